The number of imidazole rings is 2. The van der Waals surface area contributed by atoms with Crippen molar-refractivity contribution >= 4 is 0 Å². The minimum Gasteiger partial charge on any atom is -0.496 e. The number of fused-ring (bicyclic) bond motifs is 2. The van der Waals surface area contributed by atoms with Crippen LogP contribution in [0.4, 0.5) is 0 Å². The Balaban J connectivity index is 0.000000174. The SMILES string of the molecule is COc1ccc(C(C)(C)C)cc1[C@@H]1CCCn2nc(-c3ccc(-n4cnc(C)c4)c(OC)n3)nc21.COc1ccc(C(C)(C)C)cc1[C@H]1CCCn2nc(-c3ccc(-n4cnc(C)c4)c(OC)n3)nc21. The molecule has 2 atom stereocenters. The summed E-state index contributed by atoms with van der Waals surface area (Å²) in [6.45, 7) is 19.0. The van der Waals surface area contributed by atoms with Gasteiger partial charge in [0.1, 0.15) is 45.9 Å². The molecule has 364 valence electrons. The molecule has 0 radical (unpaired) electrons. The fourth-order valence-electron chi connectivity index (χ4n) is 9.37. The van der Waals surface area contributed by atoms with Gasteiger partial charge in [-0.15, -0.1) is 10.2 Å². The van der Waals surface area contributed by atoms with Crippen LogP contribution >= 0.6 is 0 Å². The number of methoxy groups -OCH3 is 4. The molecule has 0 amide bonds. The summed E-state index contributed by atoms with van der Waals surface area (Å²) in [6.07, 6.45) is 11.4. The Kier molecular flexibility index (Phi) is 13.1. The van der Waals surface area contributed by atoms with Crippen LogP contribution in [0.15, 0.2) is 85.7 Å². The van der Waals surface area contributed by atoms with Gasteiger partial charge in [0.25, 0.3) is 0 Å². The fraction of sp³-hybridized carbons (Fsp3) is 0.407. The quantitative estimate of drug-likeness (QED) is 0.128. The number of ether oxygens (including phenoxy) is 4. The molecule has 0 fully saturated rings. The number of rotatable bonds is 10. The van der Waals surface area contributed by atoms with E-state index in [1.54, 1.807) is 41.1 Å². The number of aromatic nitrogens is 12. The number of nitrogens with zero attached hydrogens (tertiary/aromatic N) is 12. The molecule has 8 aromatic rings. The van der Waals surface area contributed by atoms with E-state index in [1.807, 2.05) is 69.0 Å². The van der Waals surface area contributed by atoms with Gasteiger partial charge in [-0.05, 0) is 97.9 Å². The third-order valence-corrected chi connectivity index (χ3v) is 13.2. The summed E-state index contributed by atoms with van der Waals surface area (Å²) in [5.74, 6) is 6.11. The third kappa shape index (κ3) is 9.51. The highest BCUT2D eigenvalue weighted by Gasteiger charge is 2.32. The smallest absolute Gasteiger partial charge is 0.238 e. The van der Waals surface area contributed by atoms with E-state index in [1.165, 1.54) is 11.1 Å². The van der Waals surface area contributed by atoms with Crippen LogP contribution in [0.2, 0.25) is 0 Å². The van der Waals surface area contributed by atoms with Crippen molar-refractivity contribution in [3.05, 3.63) is 131 Å². The van der Waals surface area contributed by atoms with Crippen LogP contribution in [0, 0.1) is 13.8 Å². The summed E-state index contributed by atoms with van der Waals surface area (Å²) in [5.41, 5.74) is 9.83. The van der Waals surface area contributed by atoms with Gasteiger partial charge in [0, 0.05) is 48.4 Å². The lowest BCUT2D eigenvalue weighted by Crippen LogP contribution is -2.19. The molecule has 0 N–H and O–H groups in total. The molecule has 0 aliphatic carbocycles. The van der Waals surface area contributed by atoms with Gasteiger partial charge >= 0.3 is 0 Å². The lowest BCUT2D eigenvalue weighted by Gasteiger charge is -2.27. The van der Waals surface area contributed by atoms with Gasteiger partial charge in [0.05, 0.1) is 52.5 Å². The molecule has 16 heteroatoms. The number of aryl methyl sites for hydroxylation is 4. The van der Waals surface area contributed by atoms with Gasteiger partial charge in [-0.3, -0.25) is 0 Å². The second-order valence-electron chi connectivity index (χ2n) is 20.1. The van der Waals surface area contributed by atoms with E-state index < -0.39 is 0 Å². The predicted molar refractivity (Wildman–Crippen MR) is 269 cm³/mol. The van der Waals surface area contributed by atoms with Crippen molar-refractivity contribution in [3.8, 4) is 57.7 Å². The van der Waals surface area contributed by atoms with Crippen LogP contribution in [0.1, 0.15) is 124 Å². The van der Waals surface area contributed by atoms with Crippen LogP contribution in [0.5, 0.6) is 23.3 Å². The van der Waals surface area contributed by atoms with E-state index in [9.17, 15) is 0 Å². The Hall–Kier alpha value is -7.36. The van der Waals surface area contributed by atoms with Gasteiger partial charge in [-0.2, -0.15) is 0 Å². The second-order valence-corrected chi connectivity index (χ2v) is 20.1. The molecule has 0 saturated carbocycles. The average molecular weight is 945 g/mol. The Morgan fingerprint density at radius 3 is 1.27 bits per heavy atom. The molecule has 16 nitrogen and oxygen atoms in total. The first-order chi connectivity index (χ1) is 33.6. The molecule has 0 saturated heterocycles. The van der Waals surface area contributed by atoms with E-state index in [0.717, 1.165) is 95.8 Å². The number of hydrogen-bond donors (Lipinski definition) is 0. The molecule has 6 aromatic heterocycles. The molecule has 2 aliphatic heterocycles. The predicted octanol–water partition coefficient (Wildman–Crippen LogP) is 10.1. The molecule has 0 spiro atoms. The first-order valence-electron chi connectivity index (χ1n) is 24.0. The van der Waals surface area contributed by atoms with Crippen molar-refractivity contribution in [1.82, 2.24) is 58.6 Å². The molecular weight excluding hydrogens is 881 g/mol. The fourth-order valence-corrected chi connectivity index (χ4v) is 9.37. The first-order valence-corrected chi connectivity index (χ1v) is 24.0. The zero-order valence-electron chi connectivity index (χ0n) is 42.5. The highest BCUT2D eigenvalue weighted by molar-refractivity contribution is 5.58. The van der Waals surface area contributed by atoms with Crippen molar-refractivity contribution in [2.45, 2.75) is 117 Å². The van der Waals surface area contributed by atoms with E-state index in [2.05, 4.69) is 87.9 Å². The van der Waals surface area contributed by atoms with Gasteiger partial charge in [0.2, 0.25) is 11.8 Å². The normalized spacial score (nSPS) is 15.7. The number of hydrogen-bond acceptors (Lipinski definition) is 12. The zero-order valence-corrected chi connectivity index (χ0v) is 42.5. The van der Waals surface area contributed by atoms with Gasteiger partial charge in [-0.1, -0.05) is 65.8 Å². The largest absolute Gasteiger partial charge is 0.496 e. The van der Waals surface area contributed by atoms with Gasteiger partial charge in [-0.25, -0.2) is 39.3 Å². The van der Waals surface area contributed by atoms with E-state index in [-0.39, 0.29) is 22.7 Å². The maximum Gasteiger partial charge on any atom is 0.238 e. The van der Waals surface area contributed by atoms with Gasteiger partial charge in [0.15, 0.2) is 11.6 Å². The van der Waals surface area contributed by atoms with Crippen LogP contribution in [-0.4, -0.2) is 87.0 Å². The van der Waals surface area contributed by atoms with Crippen molar-refractivity contribution in [1.29, 1.82) is 0 Å². The average Bonchev–Trinajstić information content (AvgIpc) is 4.19. The second kappa shape index (κ2) is 19.2. The maximum atomic E-state index is 5.77. The Morgan fingerprint density at radius 2 is 0.929 bits per heavy atom. The lowest BCUT2D eigenvalue weighted by atomic mass is 9.82. The molecule has 8 heterocycles. The van der Waals surface area contributed by atoms with E-state index in [4.69, 9.17) is 49.1 Å². The Morgan fingerprint density at radius 1 is 0.514 bits per heavy atom. The number of pyridine rings is 2. The summed E-state index contributed by atoms with van der Waals surface area (Å²) in [5, 5.41) is 9.67. The minimum absolute atomic E-state index is 0.0461. The monoisotopic (exact) mass is 945 g/mol. The highest BCUT2D eigenvalue weighted by Crippen LogP contribution is 2.42. The van der Waals surface area contributed by atoms with Crippen LogP contribution in [0.25, 0.3) is 34.4 Å². The molecule has 0 bridgehead atoms. The summed E-state index contributed by atoms with van der Waals surface area (Å²) in [6, 6.07) is 20.8. The molecule has 2 aromatic carbocycles. The zero-order chi connectivity index (χ0) is 49.5. The summed E-state index contributed by atoms with van der Waals surface area (Å²) < 4.78 is 30.6. The van der Waals surface area contributed by atoms with Crippen LogP contribution in [0.3, 0.4) is 0 Å². The first kappa shape index (κ1) is 47.7. The van der Waals surface area contributed by atoms with E-state index >= 15 is 0 Å². The summed E-state index contributed by atoms with van der Waals surface area (Å²) in [7, 11) is 6.70. The van der Waals surface area contributed by atoms with Gasteiger partial charge < -0.3 is 28.1 Å². The van der Waals surface area contributed by atoms with Crippen molar-refractivity contribution in [3.63, 3.8) is 0 Å². The molecular formula is C54H64N12O4. The number of benzene rings is 2. The molecule has 0 unspecified atom stereocenters. The molecule has 10 rings (SSSR count). The Bertz CT molecular complexity index is 2940. The van der Waals surface area contributed by atoms with Crippen molar-refractivity contribution < 1.29 is 18.9 Å². The minimum atomic E-state index is 0.0461. The highest BCUT2D eigenvalue weighted by atomic mass is 16.5. The molecule has 2 aliphatic rings. The summed E-state index contributed by atoms with van der Waals surface area (Å²) in [4.78, 5) is 28.1. The third-order valence-electron chi connectivity index (χ3n) is 13.2. The molecule has 70 heavy (non-hydrogen) atoms. The van der Waals surface area contributed by atoms with Crippen molar-refractivity contribution in [2.75, 3.05) is 28.4 Å². The van der Waals surface area contributed by atoms with Crippen molar-refractivity contribution in [2.24, 2.45) is 0 Å². The maximum absolute atomic E-state index is 5.77. The summed E-state index contributed by atoms with van der Waals surface area (Å²) >= 11 is 0. The topological polar surface area (TPSA) is 160 Å². The Labute approximate surface area is 410 Å². The lowest BCUT2D eigenvalue weighted by molar-refractivity contribution is 0.393. The van der Waals surface area contributed by atoms with Crippen LogP contribution in [-0.2, 0) is 23.9 Å². The van der Waals surface area contributed by atoms with Crippen LogP contribution < -0.4 is 18.9 Å². The van der Waals surface area contributed by atoms with E-state index in [0.29, 0.717) is 34.8 Å². The standard InChI is InChI=1S/2C27H32N6O2/c2*1-17-15-32(16-28-17)22-11-10-21(29-26(22)35-6)24-30-25-19(8-7-13-33(25)31-24)20-14-18(27(2,3)4)9-12-23(20)34-5/h2*9-12,14-16,19H,7-8,13H2,1-6H3/t2*19-/m10/s1.